The van der Waals surface area contributed by atoms with Crippen molar-refractivity contribution in [1.82, 2.24) is 9.97 Å². The highest BCUT2D eigenvalue weighted by molar-refractivity contribution is 5.78. The topological polar surface area (TPSA) is 35.0 Å². The third kappa shape index (κ3) is 1.91. The summed E-state index contributed by atoms with van der Waals surface area (Å²) in [5, 5.41) is 0. The maximum Gasteiger partial charge on any atom is 0.121 e. The summed E-state index contributed by atoms with van der Waals surface area (Å²) in [4.78, 5) is 9.03. The number of aromatic nitrogens is 2. The van der Waals surface area contributed by atoms with E-state index < -0.39 is 0 Å². The van der Waals surface area contributed by atoms with E-state index in [-0.39, 0.29) is 0 Å². The summed E-state index contributed by atoms with van der Waals surface area (Å²) in [5.74, 6) is 0.796. The Morgan fingerprint density at radius 2 is 1.78 bits per heavy atom. The molecule has 3 rings (SSSR count). The van der Waals surface area contributed by atoms with Crippen LogP contribution in [0.15, 0.2) is 54.7 Å². The van der Waals surface area contributed by atoms with E-state index in [0.717, 1.165) is 28.0 Å². The second-order valence-electron chi connectivity index (χ2n) is 3.98. The number of methoxy groups -OCH3 is 1. The van der Waals surface area contributed by atoms with Crippen LogP contribution in [0.5, 0.6) is 5.75 Å². The Balaban J connectivity index is 2.12. The van der Waals surface area contributed by atoms with Gasteiger partial charge in [-0.1, -0.05) is 30.3 Å². The predicted octanol–water partition coefficient (Wildman–Crippen LogP) is 3.31. The van der Waals surface area contributed by atoms with Gasteiger partial charge in [-0.25, -0.2) is 4.98 Å². The van der Waals surface area contributed by atoms with E-state index in [1.165, 1.54) is 0 Å². The first-order valence-electron chi connectivity index (χ1n) is 5.73. The van der Waals surface area contributed by atoms with Crippen LogP contribution in [0, 0.1) is 0 Å². The molecule has 0 N–H and O–H groups in total. The molecule has 88 valence electrons. The molecule has 0 aliphatic heterocycles. The van der Waals surface area contributed by atoms with Crippen molar-refractivity contribution in [3.05, 3.63) is 54.7 Å². The molecule has 3 aromatic rings. The van der Waals surface area contributed by atoms with Crippen molar-refractivity contribution in [2.45, 2.75) is 0 Å². The molecule has 3 nitrogen and oxygen atoms in total. The van der Waals surface area contributed by atoms with Gasteiger partial charge in [-0.2, -0.15) is 0 Å². The quantitative estimate of drug-likeness (QED) is 0.684. The molecule has 0 bridgehead atoms. The zero-order valence-corrected chi connectivity index (χ0v) is 10.00. The van der Waals surface area contributed by atoms with Crippen molar-refractivity contribution >= 4 is 11.0 Å². The number of nitrogens with zero attached hydrogens (tertiary/aromatic N) is 2. The van der Waals surface area contributed by atoms with Crippen LogP contribution in [-0.2, 0) is 0 Å². The lowest BCUT2D eigenvalue weighted by Crippen LogP contribution is -1.89. The zero-order valence-electron chi connectivity index (χ0n) is 10.00. The van der Waals surface area contributed by atoms with Crippen LogP contribution >= 0.6 is 0 Å². The fourth-order valence-electron chi connectivity index (χ4n) is 1.87. The third-order valence-electron chi connectivity index (χ3n) is 2.82. The third-order valence-corrected chi connectivity index (χ3v) is 2.82. The minimum Gasteiger partial charge on any atom is -0.497 e. The fraction of sp³-hybridized carbons (Fsp3) is 0.0667. The molecule has 1 heterocycles. The van der Waals surface area contributed by atoms with Gasteiger partial charge in [-0.15, -0.1) is 0 Å². The van der Waals surface area contributed by atoms with Crippen molar-refractivity contribution < 1.29 is 4.74 Å². The van der Waals surface area contributed by atoms with Gasteiger partial charge in [-0.05, 0) is 12.1 Å². The number of benzene rings is 2. The van der Waals surface area contributed by atoms with Crippen LogP contribution < -0.4 is 4.74 Å². The van der Waals surface area contributed by atoms with Crippen molar-refractivity contribution in [2.75, 3.05) is 7.11 Å². The lowest BCUT2D eigenvalue weighted by Gasteiger charge is -2.04. The Labute approximate surface area is 105 Å². The highest BCUT2D eigenvalue weighted by atomic mass is 16.5. The number of ether oxygens (including phenoxy) is 1. The van der Waals surface area contributed by atoms with E-state index in [1.54, 1.807) is 13.3 Å². The molecular formula is C15H12N2O. The monoisotopic (exact) mass is 236 g/mol. The number of fused-ring (bicyclic) bond motifs is 1. The molecule has 3 heteroatoms. The van der Waals surface area contributed by atoms with Crippen LogP contribution in [0.3, 0.4) is 0 Å². The Hall–Kier alpha value is -2.42. The van der Waals surface area contributed by atoms with Gasteiger partial charge in [0.15, 0.2) is 0 Å². The first-order chi connectivity index (χ1) is 8.86. The van der Waals surface area contributed by atoms with E-state index in [0.29, 0.717) is 0 Å². The first kappa shape index (κ1) is 10.7. The Bertz CT molecular complexity index is 680. The Kier molecular flexibility index (Phi) is 2.65. The summed E-state index contributed by atoms with van der Waals surface area (Å²) in [6.45, 7) is 0. The summed E-state index contributed by atoms with van der Waals surface area (Å²) in [7, 11) is 1.65. The average Bonchev–Trinajstić information content (AvgIpc) is 2.47. The fourth-order valence-corrected chi connectivity index (χ4v) is 1.87. The molecule has 18 heavy (non-hydrogen) atoms. The molecule has 0 saturated heterocycles. The normalized spacial score (nSPS) is 10.5. The predicted molar refractivity (Wildman–Crippen MR) is 71.5 cm³/mol. The van der Waals surface area contributed by atoms with Crippen molar-refractivity contribution in [3.63, 3.8) is 0 Å². The van der Waals surface area contributed by atoms with Crippen LogP contribution in [0.2, 0.25) is 0 Å². The largest absolute Gasteiger partial charge is 0.497 e. The summed E-state index contributed by atoms with van der Waals surface area (Å²) < 4.78 is 5.17. The molecule has 0 saturated carbocycles. The number of hydrogen-bond donors (Lipinski definition) is 0. The van der Waals surface area contributed by atoms with E-state index in [4.69, 9.17) is 4.74 Å². The van der Waals surface area contributed by atoms with Crippen molar-refractivity contribution in [1.29, 1.82) is 0 Å². The highest BCUT2D eigenvalue weighted by Crippen LogP contribution is 2.21. The molecule has 0 atom stereocenters. The Morgan fingerprint density at radius 3 is 2.56 bits per heavy atom. The van der Waals surface area contributed by atoms with Crippen LogP contribution in [0.4, 0.5) is 0 Å². The van der Waals surface area contributed by atoms with Gasteiger partial charge in [0.2, 0.25) is 0 Å². The van der Waals surface area contributed by atoms with E-state index >= 15 is 0 Å². The standard InChI is InChI=1S/C15H12N2O/c1-18-12-7-8-13-14(9-12)16-10-15(17-13)11-5-3-2-4-6-11/h2-10H,1H3. The van der Waals surface area contributed by atoms with Gasteiger partial charge in [-0.3, -0.25) is 4.98 Å². The second kappa shape index (κ2) is 4.45. The summed E-state index contributed by atoms with van der Waals surface area (Å²) in [6.07, 6.45) is 1.79. The average molecular weight is 236 g/mol. The summed E-state index contributed by atoms with van der Waals surface area (Å²) >= 11 is 0. The molecule has 0 aliphatic rings. The molecule has 2 aromatic carbocycles. The van der Waals surface area contributed by atoms with E-state index in [2.05, 4.69) is 9.97 Å². The minimum absolute atomic E-state index is 0.796. The van der Waals surface area contributed by atoms with Crippen LogP contribution in [0.25, 0.3) is 22.3 Å². The summed E-state index contributed by atoms with van der Waals surface area (Å²) in [5.41, 5.74) is 3.67. The number of hydrogen-bond acceptors (Lipinski definition) is 3. The number of rotatable bonds is 2. The molecule has 0 unspecified atom stereocenters. The maximum absolute atomic E-state index is 5.17. The van der Waals surface area contributed by atoms with Gasteiger partial charge < -0.3 is 4.74 Å². The van der Waals surface area contributed by atoms with Gasteiger partial charge in [0, 0.05) is 11.6 Å². The molecule has 0 aliphatic carbocycles. The molecule has 0 amide bonds. The van der Waals surface area contributed by atoms with Crippen molar-refractivity contribution in [3.8, 4) is 17.0 Å². The van der Waals surface area contributed by atoms with Gasteiger partial charge >= 0.3 is 0 Å². The SMILES string of the molecule is COc1ccc2nc(-c3ccccc3)cnc2c1. The minimum atomic E-state index is 0.796. The second-order valence-corrected chi connectivity index (χ2v) is 3.98. The lowest BCUT2D eigenvalue weighted by atomic mass is 10.1. The zero-order chi connectivity index (χ0) is 12.4. The molecule has 1 aromatic heterocycles. The smallest absolute Gasteiger partial charge is 0.121 e. The summed E-state index contributed by atoms with van der Waals surface area (Å²) in [6, 6.07) is 15.7. The molecule has 0 spiro atoms. The lowest BCUT2D eigenvalue weighted by molar-refractivity contribution is 0.415. The maximum atomic E-state index is 5.17. The Morgan fingerprint density at radius 1 is 0.944 bits per heavy atom. The first-order valence-corrected chi connectivity index (χ1v) is 5.73. The van der Waals surface area contributed by atoms with Gasteiger partial charge in [0.25, 0.3) is 0 Å². The van der Waals surface area contributed by atoms with Crippen LogP contribution in [0.1, 0.15) is 0 Å². The van der Waals surface area contributed by atoms with Gasteiger partial charge in [0.1, 0.15) is 5.75 Å². The van der Waals surface area contributed by atoms with Crippen LogP contribution in [-0.4, -0.2) is 17.1 Å². The molecule has 0 fully saturated rings. The van der Waals surface area contributed by atoms with E-state index in [9.17, 15) is 0 Å². The highest BCUT2D eigenvalue weighted by Gasteiger charge is 2.03. The molecule has 0 radical (unpaired) electrons. The van der Waals surface area contributed by atoms with Gasteiger partial charge in [0.05, 0.1) is 30.0 Å². The van der Waals surface area contributed by atoms with Crippen molar-refractivity contribution in [2.24, 2.45) is 0 Å². The van der Waals surface area contributed by atoms with E-state index in [1.807, 2.05) is 48.5 Å². The molecular weight excluding hydrogens is 224 g/mol.